The fourth-order valence-corrected chi connectivity index (χ4v) is 1.77. The van der Waals surface area contributed by atoms with Crippen LogP contribution in [0.1, 0.15) is 11.6 Å². The van der Waals surface area contributed by atoms with Crippen LogP contribution in [-0.4, -0.2) is 5.21 Å². The molecule has 0 aliphatic heterocycles. The van der Waals surface area contributed by atoms with E-state index in [2.05, 4.69) is 6.07 Å². The molecule has 0 saturated carbocycles. The average Bonchev–Trinajstić information content (AvgIpc) is 2.42. The molecule has 2 aromatic carbocycles. The van der Waals surface area contributed by atoms with Crippen LogP contribution in [0.15, 0.2) is 54.6 Å². The van der Waals surface area contributed by atoms with Crippen molar-refractivity contribution in [2.24, 2.45) is 0 Å². The number of rotatable bonds is 3. The molecule has 1 unspecified atom stereocenters. The van der Waals surface area contributed by atoms with Gasteiger partial charge in [-0.25, -0.2) is 5.06 Å². The number of para-hydroxylation sites is 1. The van der Waals surface area contributed by atoms with E-state index < -0.39 is 6.04 Å². The molecule has 18 heavy (non-hydrogen) atoms. The Labute approximate surface area is 110 Å². The summed E-state index contributed by atoms with van der Waals surface area (Å²) < 4.78 is 0. The summed E-state index contributed by atoms with van der Waals surface area (Å²) in [6, 6.07) is 17.1. The number of hydrogen-bond donors (Lipinski definition) is 1. The molecule has 90 valence electrons. The van der Waals surface area contributed by atoms with Gasteiger partial charge in [-0.15, -0.1) is 0 Å². The van der Waals surface area contributed by atoms with E-state index in [1.54, 1.807) is 48.5 Å². The zero-order valence-electron chi connectivity index (χ0n) is 9.49. The Bertz CT molecular complexity index is 548. The Kier molecular flexibility index (Phi) is 3.83. The lowest BCUT2D eigenvalue weighted by Gasteiger charge is -2.22. The normalized spacial score (nSPS) is 11.6. The van der Waals surface area contributed by atoms with Gasteiger partial charge in [-0.1, -0.05) is 41.9 Å². The van der Waals surface area contributed by atoms with Crippen LogP contribution >= 0.6 is 11.6 Å². The lowest BCUT2D eigenvalue weighted by molar-refractivity contribution is 0.236. The molecule has 0 spiro atoms. The van der Waals surface area contributed by atoms with Crippen molar-refractivity contribution < 1.29 is 5.21 Å². The van der Waals surface area contributed by atoms with Gasteiger partial charge in [0.15, 0.2) is 6.04 Å². The van der Waals surface area contributed by atoms with Crippen molar-refractivity contribution in [1.82, 2.24) is 0 Å². The molecule has 0 fully saturated rings. The number of benzene rings is 2. The van der Waals surface area contributed by atoms with Crippen LogP contribution in [0.5, 0.6) is 0 Å². The highest BCUT2D eigenvalue weighted by Gasteiger charge is 2.18. The zero-order chi connectivity index (χ0) is 13.0. The number of halogens is 1. The summed E-state index contributed by atoms with van der Waals surface area (Å²) in [5, 5.41) is 20.8. The highest BCUT2D eigenvalue weighted by molar-refractivity contribution is 6.30. The molecule has 1 atom stereocenters. The number of hydrogen-bond acceptors (Lipinski definition) is 3. The van der Waals surface area contributed by atoms with E-state index in [-0.39, 0.29) is 0 Å². The lowest BCUT2D eigenvalue weighted by Crippen LogP contribution is -2.23. The van der Waals surface area contributed by atoms with E-state index in [1.165, 1.54) is 0 Å². The van der Waals surface area contributed by atoms with E-state index in [0.717, 1.165) is 5.06 Å². The number of hydroxylamine groups is 1. The van der Waals surface area contributed by atoms with Gasteiger partial charge in [0.1, 0.15) is 0 Å². The van der Waals surface area contributed by atoms with Gasteiger partial charge >= 0.3 is 0 Å². The number of nitrogens with zero attached hydrogens (tertiary/aromatic N) is 2. The molecule has 0 bridgehead atoms. The molecule has 0 heterocycles. The Hall–Kier alpha value is -2.02. The van der Waals surface area contributed by atoms with Crippen LogP contribution < -0.4 is 5.06 Å². The third kappa shape index (κ3) is 2.62. The average molecular weight is 259 g/mol. The van der Waals surface area contributed by atoms with Crippen LogP contribution in [-0.2, 0) is 0 Å². The van der Waals surface area contributed by atoms with E-state index >= 15 is 0 Å². The second-order valence-electron chi connectivity index (χ2n) is 3.76. The highest BCUT2D eigenvalue weighted by Crippen LogP contribution is 2.25. The minimum absolute atomic E-state index is 0.569. The maximum Gasteiger partial charge on any atom is 0.167 e. The van der Waals surface area contributed by atoms with Crippen LogP contribution in [0.4, 0.5) is 5.69 Å². The SMILES string of the molecule is N#CC(c1ccc(Cl)cc1)N(O)c1ccccc1. The molecule has 2 rings (SSSR count). The molecule has 0 aromatic heterocycles. The summed E-state index contributed by atoms with van der Waals surface area (Å²) in [4.78, 5) is 0. The van der Waals surface area contributed by atoms with Crippen molar-refractivity contribution in [2.45, 2.75) is 6.04 Å². The first-order valence-electron chi connectivity index (χ1n) is 5.40. The topological polar surface area (TPSA) is 47.3 Å². The Morgan fingerprint density at radius 1 is 1.06 bits per heavy atom. The minimum Gasteiger partial charge on any atom is -0.287 e. The maximum atomic E-state index is 10.1. The van der Waals surface area contributed by atoms with Crippen LogP contribution in [0.2, 0.25) is 5.02 Å². The van der Waals surface area contributed by atoms with Gasteiger partial charge in [-0.05, 0) is 29.8 Å². The summed E-state index contributed by atoms with van der Waals surface area (Å²) in [6.45, 7) is 0. The smallest absolute Gasteiger partial charge is 0.167 e. The highest BCUT2D eigenvalue weighted by atomic mass is 35.5. The summed E-state index contributed by atoms with van der Waals surface area (Å²) in [7, 11) is 0. The van der Waals surface area contributed by atoms with E-state index in [4.69, 9.17) is 11.6 Å². The molecule has 0 aliphatic carbocycles. The monoisotopic (exact) mass is 258 g/mol. The fourth-order valence-electron chi connectivity index (χ4n) is 1.65. The third-order valence-electron chi connectivity index (χ3n) is 2.57. The summed E-state index contributed by atoms with van der Waals surface area (Å²) in [5.74, 6) is 0. The quantitative estimate of drug-likeness (QED) is 0.852. The first-order valence-corrected chi connectivity index (χ1v) is 5.78. The summed E-state index contributed by atoms with van der Waals surface area (Å²) in [6.07, 6.45) is 0. The predicted octanol–water partition coefficient (Wildman–Crippen LogP) is 3.80. The summed E-state index contributed by atoms with van der Waals surface area (Å²) in [5.41, 5.74) is 1.26. The minimum atomic E-state index is -0.760. The Morgan fingerprint density at radius 3 is 2.22 bits per heavy atom. The predicted molar refractivity (Wildman–Crippen MR) is 70.5 cm³/mol. The fraction of sp³-hybridized carbons (Fsp3) is 0.0714. The first-order chi connectivity index (χ1) is 8.72. The Balaban J connectivity index is 2.30. The van der Waals surface area contributed by atoms with Crippen molar-refractivity contribution in [3.8, 4) is 6.07 Å². The number of nitriles is 1. The van der Waals surface area contributed by atoms with Crippen LogP contribution in [0, 0.1) is 11.3 Å². The van der Waals surface area contributed by atoms with Crippen LogP contribution in [0.3, 0.4) is 0 Å². The first kappa shape index (κ1) is 12.4. The molecule has 3 nitrogen and oxygen atoms in total. The number of anilines is 1. The van der Waals surface area contributed by atoms with Crippen molar-refractivity contribution in [3.63, 3.8) is 0 Å². The van der Waals surface area contributed by atoms with E-state index in [9.17, 15) is 10.5 Å². The molecular weight excluding hydrogens is 248 g/mol. The second kappa shape index (κ2) is 5.54. The van der Waals surface area contributed by atoms with Gasteiger partial charge in [0.05, 0.1) is 11.8 Å². The molecule has 1 N–H and O–H groups in total. The van der Waals surface area contributed by atoms with Crippen molar-refractivity contribution in [2.75, 3.05) is 5.06 Å². The molecule has 0 radical (unpaired) electrons. The third-order valence-corrected chi connectivity index (χ3v) is 2.83. The van der Waals surface area contributed by atoms with Gasteiger partial charge in [0, 0.05) is 5.02 Å². The molecule has 0 saturated heterocycles. The maximum absolute atomic E-state index is 10.1. The standard InChI is InChI=1S/C14H11ClN2O/c15-12-8-6-11(7-9-12)14(10-16)17(18)13-4-2-1-3-5-13/h1-9,14,18H. The van der Waals surface area contributed by atoms with Crippen LogP contribution in [0.25, 0.3) is 0 Å². The molecule has 2 aromatic rings. The molecule has 4 heteroatoms. The van der Waals surface area contributed by atoms with Crippen molar-refractivity contribution >= 4 is 17.3 Å². The van der Waals surface area contributed by atoms with Gasteiger partial charge in [-0.3, -0.25) is 5.21 Å². The molecular formula is C14H11ClN2O. The van der Waals surface area contributed by atoms with E-state index in [1.807, 2.05) is 6.07 Å². The van der Waals surface area contributed by atoms with Gasteiger partial charge in [-0.2, -0.15) is 5.26 Å². The second-order valence-corrected chi connectivity index (χ2v) is 4.20. The van der Waals surface area contributed by atoms with Gasteiger partial charge in [0.25, 0.3) is 0 Å². The van der Waals surface area contributed by atoms with E-state index in [0.29, 0.717) is 16.3 Å². The van der Waals surface area contributed by atoms with Gasteiger partial charge in [0.2, 0.25) is 0 Å². The largest absolute Gasteiger partial charge is 0.287 e. The Morgan fingerprint density at radius 2 is 1.67 bits per heavy atom. The zero-order valence-corrected chi connectivity index (χ0v) is 10.2. The van der Waals surface area contributed by atoms with Crippen molar-refractivity contribution in [1.29, 1.82) is 5.26 Å². The molecule has 0 aliphatic rings. The summed E-state index contributed by atoms with van der Waals surface area (Å²) >= 11 is 5.80. The van der Waals surface area contributed by atoms with Crippen molar-refractivity contribution in [3.05, 3.63) is 65.2 Å². The molecule has 0 amide bonds. The lowest BCUT2D eigenvalue weighted by atomic mass is 10.1. The van der Waals surface area contributed by atoms with Gasteiger partial charge < -0.3 is 0 Å².